The number of hydrogen-bond acceptors (Lipinski definition) is 6. The largest absolute Gasteiger partial charge is 0.495 e. The van der Waals surface area contributed by atoms with E-state index in [1.54, 1.807) is 13.8 Å². The quantitative estimate of drug-likeness (QED) is 0.639. The molecule has 0 spiro atoms. The number of sulfonamides is 1. The van der Waals surface area contributed by atoms with Gasteiger partial charge in [0.2, 0.25) is 10.0 Å². The Morgan fingerprint density at radius 1 is 1.24 bits per heavy atom. The van der Waals surface area contributed by atoms with Gasteiger partial charge in [0.15, 0.2) is 0 Å². The lowest BCUT2D eigenvalue weighted by atomic mass is 10.0. The molecule has 21 heavy (non-hydrogen) atoms. The Labute approximate surface area is 125 Å². The monoisotopic (exact) mass is 318 g/mol. The number of ether oxygens (including phenoxy) is 2. The molecule has 0 bridgehead atoms. The first-order valence-electron chi connectivity index (χ1n) is 6.33. The van der Waals surface area contributed by atoms with Crippen LogP contribution in [0.1, 0.15) is 20.3 Å². The van der Waals surface area contributed by atoms with E-state index in [-0.39, 0.29) is 29.4 Å². The van der Waals surface area contributed by atoms with Gasteiger partial charge in [-0.25, -0.2) is 13.1 Å². The third kappa shape index (κ3) is 4.23. The number of benzene rings is 1. The maximum atomic E-state index is 12.5. The minimum Gasteiger partial charge on any atom is -0.495 e. The summed E-state index contributed by atoms with van der Waals surface area (Å²) in [6.45, 7) is 3.23. The number of aliphatic hydroxyl groups excluding tert-OH is 1. The lowest BCUT2D eigenvalue weighted by Crippen LogP contribution is -2.44. The Balaban J connectivity index is 3.28. The van der Waals surface area contributed by atoms with Crippen molar-refractivity contribution in [1.82, 2.24) is 4.72 Å². The summed E-state index contributed by atoms with van der Waals surface area (Å²) in [5.74, 6) is 0.466. The molecular weight excluding hydrogens is 296 g/mol. The van der Waals surface area contributed by atoms with Crippen molar-refractivity contribution in [2.45, 2.75) is 30.7 Å². The van der Waals surface area contributed by atoms with Gasteiger partial charge in [0, 0.05) is 18.2 Å². The van der Waals surface area contributed by atoms with Crippen LogP contribution in [0.15, 0.2) is 17.0 Å². The zero-order valence-corrected chi connectivity index (χ0v) is 13.5. The Hall–Kier alpha value is -1.51. The summed E-state index contributed by atoms with van der Waals surface area (Å²) in [4.78, 5) is -0.0747. The van der Waals surface area contributed by atoms with Crippen LogP contribution in [-0.2, 0) is 10.0 Å². The average molecular weight is 318 g/mol. The highest BCUT2D eigenvalue weighted by Gasteiger charge is 2.29. The number of rotatable bonds is 7. The predicted octanol–water partition coefficient (Wildman–Crippen LogP) is 0.725. The zero-order chi connectivity index (χ0) is 16.3. The van der Waals surface area contributed by atoms with Crippen LogP contribution in [0.25, 0.3) is 0 Å². The highest BCUT2D eigenvalue weighted by atomic mass is 32.2. The van der Waals surface area contributed by atoms with Crippen LogP contribution in [0.2, 0.25) is 0 Å². The molecule has 0 aromatic heterocycles. The molecule has 0 saturated heterocycles. The molecule has 0 aliphatic rings. The second-order valence-corrected chi connectivity index (χ2v) is 6.86. The van der Waals surface area contributed by atoms with Crippen molar-refractivity contribution >= 4 is 15.7 Å². The van der Waals surface area contributed by atoms with E-state index in [2.05, 4.69) is 4.72 Å². The second-order valence-electron chi connectivity index (χ2n) is 5.21. The highest BCUT2D eigenvalue weighted by Crippen LogP contribution is 2.34. The van der Waals surface area contributed by atoms with Crippen LogP contribution >= 0.6 is 0 Å². The van der Waals surface area contributed by atoms with Gasteiger partial charge in [-0.05, 0) is 26.3 Å². The first-order valence-corrected chi connectivity index (χ1v) is 7.81. The van der Waals surface area contributed by atoms with E-state index in [1.165, 1.54) is 26.4 Å². The molecule has 0 heterocycles. The molecule has 1 rings (SSSR count). The van der Waals surface area contributed by atoms with Crippen LogP contribution in [0.3, 0.4) is 0 Å². The number of nitrogens with two attached hydrogens (primary N) is 1. The maximum absolute atomic E-state index is 12.5. The number of nitrogens with one attached hydrogen (secondary N) is 1. The van der Waals surface area contributed by atoms with E-state index in [9.17, 15) is 8.42 Å². The van der Waals surface area contributed by atoms with E-state index >= 15 is 0 Å². The van der Waals surface area contributed by atoms with Crippen LogP contribution in [0.4, 0.5) is 5.69 Å². The number of anilines is 1. The summed E-state index contributed by atoms with van der Waals surface area (Å²) in [6, 6.07) is 2.71. The van der Waals surface area contributed by atoms with Crippen molar-refractivity contribution in [2.75, 3.05) is 26.6 Å². The molecule has 120 valence electrons. The fraction of sp³-hybridized carbons (Fsp3) is 0.538. The molecule has 1 aromatic rings. The van der Waals surface area contributed by atoms with E-state index in [4.69, 9.17) is 20.3 Å². The van der Waals surface area contributed by atoms with Crippen molar-refractivity contribution in [2.24, 2.45) is 0 Å². The molecule has 0 unspecified atom stereocenters. The molecule has 7 nitrogen and oxygen atoms in total. The van der Waals surface area contributed by atoms with Crippen LogP contribution < -0.4 is 19.9 Å². The van der Waals surface area contributed by atoms with Gasteiger partial charge in [-0.2, -0.15) is 0 Å². The molecule has 8 heteroatoms. The van der Waals surface area contributed by atoms with E-state index < -0.39 is 15.6 Å². The summed E-state index contributed by atoms with van der Waals surface area (Å²) >= 11 is 0. The van der Waals surface area contributed by atoms with Crippen molar-refractivity contribution in [1.29, 1.82) is 0 Å². The van der Waals surface area contributed by atoms with Crippen LogP contribution in [0, 0.1) is 0 Å². The Kier molecular flexibility index (Phi) is 5.43. The maximum Gasteiger partial charge on any atom is 0.244 e. The summed E-state index contributed by atoms with van der Waals surface area (Å²) in [7, 11) is -1.06. The normalized spacial score (nSPS) is 12.2. The fourth-order valence-electron chi connectivity index (χ4n) is 1.85. The van der Waals surface area contributed by atoms with E-state index in [1.807, 2.05) is 0 Å². The number of methoxy groups -OCH3 is 2. The minimum atomic E-state index is -3.85. The number of nitrogen functional groups attached to an aromatic ring is 1. The fourth-order valence-corrected chi connectivity index (χ4v) is 3.48. The third-order valence-electron chi connectivity index (χ3n) is 2.95. The smallest absolute Gasteiger partial charge is 0.244 e. The molecular formula is C13H22N2O5S. The van der Waals surface area contributed by atoms with Gasteiger partial charge in [0.05, 0.1) is 19.9 Å². The molecule has 0 atom stereocenters. The third-order valence-corrected chi connectivity index (χ3v) is 4.67. The standard InChI is InChI=1S/C13H22N2O5S/c1-13(2,5-6-16)15-21(17,18)12-7-9(14)10(19-3)8-11(12)20-4/h7-8,15-16H,5-6,14H2,1-4H3. The van der Waals surface area contributed by atoms with Gasteiger partial charge in [0.25, 0.3) is 0 Å². The Bertz CT molecular complexity index is 599. The Morgan fingerprint density at radius 2 is 1.81 bits per heavy atom. The summed E-state index contributed by atoms with van der Waals surface area (Å²) in [5.41, 5.74) is 5.16. The predicted molar refractivity (Wildman–Crippen MR) is 80.1 cm³/mol. The SMILES string of the molecule is COc1cc(OC)c(S(=O)(=O)NC(C)(C)CCO)cc1N. The van der Waals surface area contributed by atoms with Gasteiger partial charge in [-0.3, -0.25) is 0 Å². The van der Waals surface area contributed by atoms with Gasteiger partial charge in [0.1, 0.15) is 16.4 Å². The molecule has 0 saturated carbocycles. The summed E-state index contributed by atoms with van der Waals surface area (Å²) in [6.07, 6.45) is 0.278. The second kappa shape index (κ2) is 6.50. The van der Waals surface area contributed by atoms with Gasteiger partial charge in [-0.15, -0.1) is 0 Å². The molecule has 0 amide bonds. The van der Waals surface area contributed by atoms with Gasteiger partial charge < -0.3 is 20.3 Å². The van der Waals surface area contributed by atoms with E-state index in [0.717, 1.165) is 0 Å². The van der Waals surface area contributed by atoms with Crippen LogP contribution in [-0.4, -0.2) is 39.9 Å². The van der Waals surface area contributed by atoms with Crippen LogP contribution in [0.5, 0.6) is 11.5 Å². The molecule has 0 aliphatic heterocycles. The average Bonchev–Trinajstić information content (AvgIpc) is 2.36. The van der Waals surface area contributed by atoms with Crippen molar-refractivity contribution < 1.29 is 23.0 Å². The molecule has 1 aromatic carbocycles. The van der Waals surface area contributed by atoms with Crippen molar-refractivity contribution in [3.05, 3.63) is 12.1 Å². The van der Waals surface area contributed by atoms with Gasteiger partial charge in [-0.1, -0.05) is 0 Å². The molecule has 0 radical (unpaired) electrons. The van der Waals surface area contributed by atoms with E-state index in [0.29, 0.717) is 5.75 Å². The number of hydrogen-bond donors (Lipinski definition) is 3. The molecule has 0 fully saturated rings. The van der Waals surface area contributed by atoms with Crippen molar-refractivity contribution in [3.63, 3.8) is 0 Å². The first kappa shape index (κ1) is 17.5. The Morgan fingerprint density at radius 3 is 2.29 bits per heavy atom. The number of aliphatic hydroxyl groups is 1. The minimum absolute atomic E-state index is 0.0747. The molecule has 0 aliphatic carbocycles. The zero-order valence-electron chi connectivity index (χ0n) is 12.6. The summed E-state index contributed by atoms with van der Waals surface area (Å²) < 4.78 is 37.6. The highest BCUT2D eigenvalue weighted by molar-refractivity contribution is 7.89. The lowest BCUT2D eigenvalue weighted by molar-refractivity contribution is 0.245. The van der Waals surface area contributed by atoms with Gasteiger partial charge >= 0.3 is 0 Å². The summed E-state index contributed by atoms with van der Waals surface area (Å²) in [5, 5.41) is 8.99. The molecule has 4 N–H and O–H groups in total. The first-order chi connectivity index (χ1) is 9.66. The topological polar surface area (TPSA) is 111 Å². The van der Waals surface area contributed by atoms with Crippen molar-refractivity contribution in [3.8, 4) is 11.5 Å². The lowest BCUT2D eigenvalue weighted by Gasteiger charge is -2.25.